The lowest BCUT2D eigenvalue weighted by atomic mass is 10.1. The quantitative estimate of drug-likeness (QED) is 0.385. The molecule has 0 unspecified atom stereocenters. The van der Waals surface area contributed by atoms with Crippen LogP contribution in [0.1, 0.15) is 16.7 Å². The number of hydrogen-bond acceptors (Lipinski definition) is 3. The molecule has 2 aromatic rings. The van der Waals surface area contributed by atoms with Crippen molar-refractivity contribution in [3.63, 3.8) is 0 Å². The van der Waals surface area contributed by atoms with Crippen molar-refractivity contribution in [3.05, 3.63) is 63.6 Å². The van der Waals surface area contributed by atoms with Crippen molar-refractivity contribution < 1.29 is 5.21 Å². The van der Waals surface area contributed by atoms with Gasteiger partial charge in [0.15, 0.2) is 5.84 Å². The molecular formula is C16H18BrN3O. The molecule has 0 aliphatic heterocycles. The molecule has 0 saturated carbocycles. The van der Waals surface area contributed by atoms with E-state index in [-0.39, 0.29) is 5.84 Å². The van der Waals surface area contributed by atoms with Gasteiger partial charge in [-0.2, -0.15) is 0 Å². The molecule has 0 heterocycles. The van der Waals surface area contributed by atoms with Gasteiger partial charge in [-0.25, -0.2) is 0 Å². The largest absolute Gasteiger partial charge is 0.409 e. The van der Waals surface area contributed by atoms with Gasteiger partial charge in [0.1, 0.15) is 0 Å². The maximum Gasteiger partial charge on any atom is 0.173 e. The molecule has 0 amide bonds. The summed E-state index contributed by atoms with van der Waals surface area (Å²) < 4.78 is 0.797. The summed E-state index contributed by atoms with van der Waals surface area (Å²) >= 11 is 3.45. The number of oxime groups is 1. The van der Waals surface area contributed by atoms with Crippen LogP contribution in [0.4, 0.5) is 5.69 Å². The molecule has 0 saturated heterocycles. The summed E-state index contributed by atoms with van der Waals surface area (Å²) in [5.74, 6) is 0.0910. The summed E-state index contributed by atoms with van der Waals surface area (Å²) in [6.07, 6.45) is 0. The van der Waals surface area contributed by atoms with Crippen LogP contribution in [0.3, 0.4) is 0 Å². The van der Waals surface area contributed by atoms with Crippen LogP contribution in [0.2, 0.25) is 0 Å². The zero-order valence-electron chi connectivity index (χ0n) is 12.0. The number of aryl methyl sites for hydroxylation is 1. The SMILES string of the molecule is Cc1ccc(CN(C)c2cccc(Br)c2/C(N)=N/O)cc1. The van der Waals surface area contributed by atoms with Gasteiger partial charge >= 0.3 is 0 Å². The van der Waals surface area contributed by atoms with E-state index in [2.05, 4.69) is 57.2 Å². The van der Waals surface area contributed by atoms with Gasteiger partial charge in [-0.1, -0.05) is 41.1 Å². The summed E-state index contributed by atoms with van der Waals surface area (Å²) in [6.45, 7) is 2.81. The number of rotatable bonds is 4. The first-order valence-corrected chi connectivity index (χ1v) is 7.35. The van der Waals surface area contributed by atoms with Crippen molar-refractivity contribution in [1.82, 2.24) is 0 Å². The zero-order chi connectivity index (χ0) is 15.4. The van der Waals surface area contributed by atoms with E-state index in [1.165, 1.54) is 11.1 Å². The highest BCUT2D eigenvalue weighted by Crippen LogP contribution is 2.28. The molecule has 0 aliphatic carbocycles. The molecule has 2 aromatic carbocycles. The lowest BCUT2D eigenvalue weighted by Gasteiger charge is -2.23. The van der Waals surface area contributed by atoms with E-state index in [4.69, 9.17) is 10.9 Å². The Bertz CT molecular complexity index is 653. The Labute approximate surface area is 133 Å². The van der Waals surface area contributed by atoms with Crippen LogP contribution in [-0.2, 0) is 6.54 Å². The molecule has 0 aliphatic rings. The van der Waals surface area contributed by atoms with E-state index < -0.39 is 0 Å². The van der Waals surface area contributed by atoms with Gasteiger partial charge in [-0.15, -0.1) is 0 Å². The van der Waals surface area contributed by atoms with Crippen molar-refractivity contribution in [2.75, 3.05) is 11.9 Å². The molecule has 21 heavy (non-hydrogen) atoms. The van der Waals surface area contributed by atoms with Gasteiger partial charge in [-0.3, -0.25) is 0 Å². The Balaban J connectivity index is 2.33. The summed E-state index contributed by atoms with van der Waals surface area (Å²) in [4.78, 5) is 2.07. The Morgan fingerprint density at radius 1 is 1.24 bits per heavy atom. The number of anilines is 1. The fourth-order valence-corrected chi connectivity index (χ4v) is 2.75. The van der Waals surface area contributed by atoms with Gasteiger partial charge in [0.05, 0.1) is 5.56 Å². The van der Waals surface area contributed by atoms with Crippen LogP contribution >= 0.6 is 15.9 Å². The average molecular weight is 348 g/mol. The number of nitrogens with two attached hydrogens (primary N) is 1. The molecule has 0 spiro atoms. The normalized spacial score (nSPS) is 11.5. The van der Waals surface area contributed by atoms with E-state index in [0.717, 1.165) is 16.7 Å². The molecule has 5 heteroatoms. The molecule has 0 fully saturated rings. The highest BCUT2D eigenvalue weighted by Gasteiger charge is 2.14. The highest BCUT2D eigenvalue weighted by atomic mass is 79.9. The van der Waals surface area contributed by atoms with E-state index in [9.17, 15) is 0 Å². The molecular weight excluding hydrogens is 330 g/mol. The minimum Gasteiger partial charge on any atom is -0.409 e. The summed E-state index contributed by atoms with van der Waals surface area (Å²) in [5.41, 5.74) is 9.82. The highest BCUT2D eigenvalue weighted by molar-refractivity contribution is 9.10. The molecule has 0 aromatic heterocycles. The fourth-order valence-electron chi connectivity index (χ4n) is 2.19. The van der Waals surface area contributed by atoms with Crippen molar-refractivity contribution in [1.29, 1.82) is 0 Å². The maximum absolute atomic E-state index is 8.96. The maximum atomic E-state index is 8.96. The Hall–Kier alpha value is -2.01. The third-order valence-electron chi connectivity index (χ3n) is 3.31. The van der Waals surface area contributed by atoms with Crippen LogP contribution in [0.25, 0.3) is 0 Å². The number of nitrogens with zero attached hydrogens (tertiary/aromatic N) is 2. The van der Waals surface area contributed by atoms with Gasteiger partial charge < -0.3 is 15.8 Å². The molecule has 4 nitrogen and oxygen atoms in total. The third-order valence-corrected chi connectivity index (χ3v) is 3.97. The van der Waals surface area contributed by atoms with Gasteiger partial charge in [0.25, 0.3) is 0 Å². The smallest absolute Gasteiger partial charge is 0.173 e. The van der Waals surface area contributed by atoms with Crippen LogP contribution in [0.5, 0.6) is 0 Å². The van der Waals surface area contributed by atoms with Crippen molar-refractivity contribution in [2.24, 2.45) is 10.9 Å². The van der Waals surface area contributed by atoms with Crippen LogP contribution in [0.15, 0.2) is 52.1 Å². The Morgan fingerprint density at radius 3 is 2.52 bits per heavy atom. The standard InChI is InChI=1S/C16H18BrN3O/c1-11-6-8-12(9-7-11)10-20(2)14-5-3-4-13(17)15(14)16(18)19-21/h3-9,21H,10H2,1-2H3,(H2,18,19). The first-order chi connectivity index (χ1) is 10.0. The third kappa shape index (κ3) is 3.55. The number of amidine groups is 1. The Kier molecular flexibility index (Phi) is 4.85. The lowest BCUT2D eigenvalue weighted by molar-refractivity contribution is 0.318. The summed E-state index contributed by atoms with van der Waals surface area (Å²) in [7, 11) is 1.98. The minimum absolute atomic E-state index is 0.0910. The second kappa shape index (κ2) is 6.63. The predicted octanol–water partition coefficient (Wildman–Crippen LogP) is 3.49. The van der Waals surface area contributed by atoms with Gasteiger partial charge in [-0.05, 0) is 40.5 Å². The monoisotopic (exact) mass is 347 g/mol. The minimum atomic E-state index is 0.0910. The van der Waals surface area contributed by atoms with Crippen LogP contribution in [0, 0.1) is 6.92 Å². The summed E-state index contributed by atoms with van der Waals surface area (Å²) in [6, 6.07) is 14.1. The first kappa shape index (κ1) is 15.4. The van der Waals surface area contributed by atoms with Crippen molar-refractivity contribution >= 4 is 27.5 Å². The second-order valence-electron chi connectivity index (χ2n) is 4.96. The topological polar surface area (TPSA) is 61.8 Å². The van der Waals surface area contributed by atoms with E-state index in [1.807, 2.05) is 25.2 Å². The molecule has 110 valence electrons. The van der Waals surface area contributed by atoms with E-state index in [1.54, 1.807) is 0 Å². The number of hydrogen-bond donors (Lipinski definition) is 2. The summed E-state index contributed by atoms with van der Waals surface area (Å²) in [5, 5.41) is 12.1. The molecule has 0 radical (unpaired) electrons. The van der Waals surface area contributed by atoms with Crippen LogP contribution in [-0.4, -0.2) is 18.1 Å². The van der Waals surface area contributed by atoms with Crippen molar-refractivity contribution in [3.8, 4) is 0 Å². The number of halogens is 1. The number of benzene rings is 2. The fraction of sp³-hybridized carbons (Fsp3) is 0.188. The van der Waals surface area contributed by atoms with E-state index >= 15 is 0 Å². The van der Waals surface area contributed by atoms with Crippen LogP contribution < -0.4 is 10.6 Å². The molecule has 2 rings (SSSR count). The molecule has 0 atom stereocenters. The Morgan fingerprint density at radius 2 is 1.90 bits per heavy atom. The predicted molar refractivity (Wildman–Crippen MR) is 89.9 cm³/mol. The first-order valence-electron chi connectivity index (χ1n) is 6.56. The van der Waals surface area contributed by atoms with Gasteiger partial charge in [0, 0.05) is 23.8 Å². The van der Waals surface area contributed by atoms with E-state index in [0.29, 0.717) is 5.56 Å². The lowest BCUT2D eigenvalue weighted by Crippen LogP contribution is -2.23. The zero-order valence-corrected chi connectivity index (χ0v) is 13.6. The molecule has 3 N–H and O–H groups in total. The van der Waals surface area contributed by atoms with Crippen molar-refractivity contribution in [2.45, 2.75) is 13.5 Å². The molecule has 0 bridgehead atoms. The second-order valence-corrected chi connectivity index (χ2v) is 5.82. The van der Waals surface area contributed by atoms with Gasteiger partial charge in [0.2, 0.25) is 0 Å². The average Bonchev–Trinajstić information content (AvgIpc) is 2.48.